The molecule has 2 aromatic heterocycles. The van der Waals surface area contributed by atoms with Crippen molar-refractivity contribution in [1.82, 2.24) is 19.6 Å². The maximum atomic E-state index is 12.5. The highest BCUT2D eigenvalue weighted by Gasteiger charge is 2.34. The van der Waals surface area contributed by atoms with Crippen LogP contribution in [0.4, 0.5) is 0 Å². The van der Waals surface area contributed by atoms with Crippen LogP contribution in [-0.4, -0.2) is 32.1 Å². The molecule has 6 nitrogen and oxygen atoms in total. The molecule has 0 N–H and O–H groups in total. The summed E-state index contributed by atoms with van der Waals surface area (Å²) in [5.74, 6) is 1.17. The van der Waals surface area contributed by atoms with Crippen molar-refractivity contribution >= 4 is 5.91 Å². The number of likely N-dealkylation sites (tertiary alicyclic amines) is 1. The molecule has 3 heterocycles. The van der Waals surface area contributed by atoms with Crippen LogP contribution < -0.4 is 0 Å². The van der Waals surface area contributed by atoms with Gasteiger partial charge in [-0.15, -0.1) is 0 Å². The summed E-state index contributed by atoms with van der Waals surface area (Å²) in [5.41, 5.74) is 0.687. The van der Waals surface area contributed by atoms with Crippen molar-refractivity contribution in [3.05, 3.63) is 35.7 Å². The summed E-state index contributed by atoms with van der Waals surface area (Å²) in [4.78, 5) is 18.6. The van der Waals surface area contributed by atoms with E-state index in [1.165, 1.54) is 0 Å². The first-order chi connectivity index (χ1) is 9.16. The first-order valence-corrected chi connectivity index (χ1v) is 6.39. The molecular formula is C13H16N4O2. The molecule has 0 aliphatic carbocycles. The first kappa shape index (κ1) is 12.0. The minimum atomic E-state index is -0.0696. The number of amides is 1. The van der Waals surface area contributed by atoms with Gasteiger partial charge in [0.1, 0.15) is 5.69 Å². The summed E-state index contributed by atoms with van der Waals surface area (Å²) >= 11 is 0. The molecule has 2 aromatic rings. The van der Waals surface area contributed by atoms with Crippen molar-refractivity contribution in [3.63, 3.8) is 0 Å². The van der Waals surface area contributed by atoms with Crippen LogP contribution in [0.25, 0.3) is 0 Å². The van der Waals surface area contributed by atoms with Crippen LogP contribution in [0.1, 0.15) is 41.1 Å². The molecule has 6 heteroatoms. The molecule has 1 amide bonds. The Morgan fingerprint density at radius 2 is 2.37 bits per heavy atom. The first-order valence-electron chi connectivity index (χ1n) is 6.39. The van der Waals surface area contributed by atoms with Crippen molar-refractivity contribution in [2.45, 2.75) is 25.8 Å². The molecule has 3 rings (SSSR count). The van der Waals surface area contributed by atoms with Gasteiger partial charge in [-0.2, -0.15) is 4.98 Å². The quantitative estimate of drug-likeness (QED) is 0.824. The van der Waals surface area contributed by atoms with E-state index in [4.69, 9.17) is 4.52 Å². The van der Waals surface area contributed by atoms with E-state index in [1.807, 2.05) is 34.8 Å². The third-order valence-electron chi connectivity index (χ3n) is 3.52. The lowest BCUT2D eigenvalue weighted by atomic mass is 10.2. The van der Waals surface area contributed by atoms with Crippen LogP contribution in [0.5, 0.6) is 0 Å². The van der Waals surface area contributed by atoms with E-state index >= 15 is 0 Å². The molecule has 0 radical (unpaired) electrons. The highest BCUT2D eigenvalue weighted by molar-refractivity contribution is 5.93. The topological polar surface area (TPSA) is 64.2 Å². The standard InChI is InChI=1S/C13H16N4O2/c1-9-14-12(15-19-9)10-5-4-8-17(10)13(18)11-6-3-7-16(11)2/h3,6-7,10H,4-5,8H2,1-2H3/t10-/m0/s1. The molecule has 1 aliphatic heterocycles. The minimum Gasteiger partial charge on any atom is -0.347 e. The number of nitrogens with zero attached hydrogens (tertiary/aromatic N) is 4. The largest absolute Gasteiger partial charge is 0.347 e. The Morgan fingerprint density at radius 3 is 3.00 bits per heavy atom. The van der Waals surface area contributed by atoms with E-state index in [1.54, 1.807) is 6.92 Å². The number of carbonyl (C=O) groups excluding carboxylic acids is 1. The second kappa shape index (κ2) is 4.53. The Hall–Kier alpha value is -2.11. The highest BCUT2D eigenvalue weighted by atomic mass is 16.5. The Kier molecular flexibility index (Phi) is 2.85. The third-order valence-corrected chi connectivity index (χ3v) is 3.52. The Labute approximate surface area is 111 Å². The molecular weight excluding hydrogens is 244 g/mol. The molecule has 1 aliphatic rings. The smallest absolute Gasteiger partial charge is 0.271 e. The van der Waals surface area contributed by atoms with E-state index in [9.17, 15) is 4.79 Å². The lowest BCUT2D eigenvalue weighted by Crippen LogP contribution is -2.32. The molecule has 100 valence electrons. The summed E-state index contributed by atoms with van der Waals surface area (Å²) in [5, 5.41) is 3.95. The Balaban J connectivity index is 1.88. The average molecular weight is 260 g/mol. The third kappa shape index (κ3) is 2.03. The fourth-order valence-corrected chi connectivity index (χ4v) is 2.56. The number of hydrogen-bond donors (Lipinski definition) is 0. The second-order valence-electron chi connectivity index (χ2n) is 4.83. The molecule has 1 atom stereocenters. The molecule has 1 fully saturated rings. The number of hydrogen-bond acceptors (Lipinski definition) is 4. The van der Waals surface area contributed by atoms with Gasteiger partial charge < -0.3 is 14.0 Å². The maximum absolute atomic E-state index is 12.5. The predicted molar refractivity (Wildman–Crippen MR) is 67.5 cm³/mol. The number of rotatable bonds is 2. The van der Waals surface area contributed by atoms with E-state index in [-0.39, 0.29) is 11.9 Å². The number of aryl methyl sites for hydroxylation is 2. The van der Waals surface area contributed by atoms with Crippen LogP contribution in [-0.2, 0) is 7.05 Å². The van der Waals surface area contributed by atoms with Crippen LogP contribution in [0, 0.1) is 6.92 Å². The van der Waals surface area contributed by atoms with Crippen molar-refractivity contribution in [2.24, 2.45) is 7.05 Å². The van der Waals surface area contributed by atoms with Gasteiger partial charge in [0, 0.05) is 26.7 Å². The number of carbonyl (C=O) groups is 1. The summed E-state index contributed by atoms with van der Waals surface area (Å²) < 4.78 is 6.85. The van der Waals surface area contributed by atoms with Crippen molar-refractivity contribution in [3.8, 4) is 0 Å². The molecule has 1 saturated heterocycles. The maximum Gasteiger partial charge on any atom is 0.271 e. The molecule has 0 aromatic carbocycles. The van der Waals surface area contributed by atoms with Gasteiger partial charge >= 0.3 is 0 Å². The SMILES string of the molecule is Cc1nc([C@@H]2CCCN2C(=O)c2cccn2C)no1. The zero-order valence-electron chi connectivity index (χ0n) is 11.0. The molecule has 0 spiro atoms. The van der Waals surface area contributed by atoms with Gasteiger partial charge in [-0.25, -0.2) is 0 Å². The van der Waals surface area contributed by atoms with Gasteiger partial charge in [-0.1, -0.05) is 5.16 Å². The molecule has 19 heavy (non-hydrogen) atoms. The van der Waals surface area contributed by atoms with Gasteiger partial charge in [0.15, 0.2) is 5.82 Å². The van der Waals surface area contributed by atoms with Crippen LogP contribution in [0.3, 0.4) is 0 Å². The van der Waals surface area contributed by atoms with Gasteiger partial charge in [-0.05, 0) is 25.0 Å². The van der Waals surface area contributed by atoms with Gasteiger partial charge in [-0.3, -0.25) is 4.79 Å². The molecule has 0 unspecified atom stereocenters. The summed E-state index contributed by atoms with van der Waals surface area (Å²) in [6.07, 6.45) is 3.72. The van der Waals surface area contributed by atoms with Crippen molar-refractivity contribution < 1.29 is 9.32 Å². The Bertz CT molecular complexity index is 601. The van der Waals surface area contributed by atoms with Crippen LogP contribution in [0.15, 0.2) is 22.9 Å². The lowest BCUT2D eigenvalue weighted by molar-refractivity contribution is 0.0718. The summed E-state index contributed by atoms with van der Waals surface area (Å²) in [6.45, 7) is 2.50. The monoisotopic (exact) mass is 260 g/mol. The average Bonchev–Trinajstić information content (AvgIpc) is 3.07. The zero-order valence-corrected chi connectivity index (χ0v) is 11.0. The van der Waals surface area contributed by atoms with E-state index in [0.29, 0.717) is 17.4 Å². The fraction of sp³-hybridized carbons (Fsp3) is 0.462. The second-order valence-corrected chi connectivity index (χ2v) is 4.83. The minimum absolute atomic E-state index is 0.0254. The molecule has 0 bridgehead atoms. The summed E-state index contributed by atoms with van der Waals surface area (Å²) in [7, 11) is 1.87. The Morgan fingerprint density at radius 1 is 1.53 bits per heavy atom. The number of aromatic nitrogens is 3. The van der Waals surface area contributed by atoms with Crippen molar-refractivity contribution in [1.29, 1.82) is 0 Å². The predicted octanol–water partition coefficient (Wildman–Crippen LogP) is 1.69. The van der Waals surface area contributed by atoms with E-state index in [0.717, 1.165) is 19.4 Å². The van der Waals surface area contributed by atoms with Gasteiger partial charge in [0.05, 0.1) is 6.04 Å². The fourth-order valence-electron chi connectivity index (χ4n) is 2.56. The van der Waals surface area contributed by atoms with E-state index in [2.05, 4.69) is 10.1 Å². The van der Waals surface area contributed by atoms with Crippen molar-refractivity contribution in [2.75, 3.05) is 6.54 Å². The van der Waals surface area contributed by atoms with E-state index < -0.39 is 0 Å². The van der Waals surface area contributed by atoms with Gasteiger partial charge in [0.2, 0.25) is 5.89 Å². The van der Waals surface area contributed by atoms with Crippen LogP contribution >= 0.6 is 0 Å². The normalized spacial score (nSPS) is 19.1. The molecule has 0 saturated carbocycles. The van der Waals surface area contributed by atoms with Gasteiger partial charge in [0.25, 0.3) is 5.91 Å². The lowest BCUT2D eigenvalue weighted by Gasteiger charge is -2.22. The summed E-state index contributed by atoms with van der Waals surface area (Å²) in [6, 6.07) is 3.63. The zero-order chi connectivity index (χ0) is 13.4. The highest BCUT2D eigenvalue weighted by Crippen LogP contribution is 2.31. The van der Waals surface area contributed by atoms with Crippen LogP contribution in [0.2, 0.25) is 0 Å².